The summed E-state index contributed by atoms with van der Waals surface area (Å²) < 4.78 is 0. The van der Waals surface area contributed by atoms with E-state index in [0.717, 1.165) is 60.2 Å². The van der Waals surface area contributed by atoms with Gasteiger partial charge in [-0.1, -0.05) is 33.1 Å². The number of benzene rings is 1. The molecule has 2 N–H and O–H groups in total. The van der Waals surface area contributed by atoms with Gasteiger partial charge < -0.3 is 10.4 Å². The van der Waals surface area contributed by atoms with Gasteiger partial charge in [-0.2, -0.15) is 5.26 Å². The van der Waals surface area contributed by atoms with Crippen molar-refractivity contribution >= 4 is 23.0 Å². The Labute approximate surface area is 182 Å². The van der Waals surface area contributed by atoms with E-state index < -0.39 is 5.97 Å². The van der Waals surface area contributed by atoms with Crippen molar-refractivity contribution in [2.75, 3.05) is 5.32 Å². The highest BCUT2D eigenvalue weighted by Crippen LogP contribution is 2.46. The fourth-order valence-corrected chi connectivity index (χ4v) is 6.39. The number of aromatic carboxylic acids is 1. The average molecular weight is 423 g/mol. The highest BCUT2D eigenvalue weighted by atomic mass is 32.1. The molecule has 4 rings (SSSR count). The van der Waals surface area contributed by atoms with Gasteiger partial charge in [0.25, 0.3) is 0 Å². The van der Waals surface area contributed by atoms with E-state index in [2.05, 4.69) is 25.2 Å². The first-order chi connectivity index (χ1) is 14.4. The van der Waals surface area contributed by atoms with E-state index in [1.807, 2.05) is 18.2 Å². The zero-order valence-corrected chi connectivity index (χ0v) is 18.7. The largest absolute Gasteiger partial charge is 0.478 e. The summed E-state index contributed by atoms with van der Waals surface area (Å²) in [5, 5.41) is 23.4. The summed E-state index contributed by atoms with van der Waals surface area (Å²) in [5.41, 5.74) is 3.96. The summed E-state index contributed by atoms with van der Waals surface area (Å²) in [6, 6.07) is 8.30. The zero-order chi connectivity index (χ0) is 21.3. The van der Waals surface area contributed by atoms with E-state index in [0.29, 0.717) is 17.2 Å². The van der Waals surface area contributed by atoms with Crippen LogP contribution in [0.15, 0.2) is 18.2 Å². The number of nitrogens with one attached hydrogen (secondary N) is 1. The van der Waals surface area contributed by atoms with Gasteiger partial charge in [-0.15, -0.1) is 11.3 Å². The molecule has 0 unspecified atom stereocenters. The van der Waals surface area contributed by atoms with Crippen LogP contribution in [0.3, 0.4) is 0 Å². The minimum Gasteiger partial charge on any atom is -0.478 e. The van der Waals surface area contributed by atoms with E-state index in [9.17, 15) is 15.2 Å². The van der Waals surface area contributed by atoms with Gasteiger partial charge in [-0.3, -0.25) is 0 Å². The molecule has 2 aliphatic carbocycles. The Kier molecular flexibility index (Phi) is 5.88. The number of carbonyl (C=O) groups is 1. The summed E-state index contributed by atoms with van der Waals surface area (Å²) in [6.45, 7) is 4.47. The monoisotopic (exact) mass is 422 g/mol. The first-order valence-electron chi connectivity index (χ1n) is 11.1. The third kappa shape index (κ3) is 4.25. The molecule has 1 aromatic heterocycles. The van der Waals surface area contributed by atoms with Crippen LogP contribution in [0.1, 0.15) is 85.2 Å². The number of hydrogen-bond donors (Lipinski definition) is 2. The summed E-state index contributed by atoms with van der Waals surface area (Å²) in [6.07, 6.45) is 9.95. The molecule has 0 saturated heterocycles. The Balaban J connectivity index is 1.83. The molecule has 0 bridgehead atoms. The van der Waals surface area contributed by atoms with Crippen molar-refractivity contribution in [2.45, 2.75) is 77.7 Å². The molecule has 30 heavy (non-hydrogen) atoms. The van der Waals surface area contributed by atoms with E-state index in [4.69, 9.17) is 0 Å². The third-order valence-corrected chi connectivity index (χ3v) is 7.90. The number of nitrogens with zero attached hydrogens (tertiary/aromatic N) is 1. The van der Waals surface area contributed by atoms with Crippen molar-refractivity contribution in [1.29, 1.82) is 5.26 Å². The number of carboxylic acids is 1. The zero-order valence-electron chi connectivity index (χ0n) is 17.9. The SMILES string of the molecule is CC1(C)CCCc2sc(-c3cc(C#N)ccc3NC3CCCCC3)c(C(=O)O)c2C1. The number of rotatable bonds is 4. The first-order valence-corrected chi connectivity index (χ1v) is 11.9. The standard InChI is InChI=1S/C25H30N2O2S/c1-25(2)12-6-9-21-19(14-25)22(24(28)29)23(30-21)18-13-16(15-26)10-11-20(18)27-17-7-4-3-5-8-17/h10-11,13,17,27H,3-9,12,14H2,1-2H3,(H,28,29). The maximum atomic E-state index is 12.4. The molecule has 0 aliphatic heterocycles. The van der Waals surface area contributed by atoms with Crippen LogP contribution in [0, 0.1) is 16.7 Å². The molecule has 0 radical (unpaired) electrons. The normalized spacial score (nSPS) is 18.8. The molecule has 4 nitrogen and oxygen atoms in total. The summed E-state index contributed by atoms with van der Waals surface area (Å²) in [7, 11) is 0. The van der Waals surface area contributed by atoms with Crippen molar-refractivity contribution in [3.63, 3.8) is 0 Å². The Morgan fingerprint density at radius 1 is 1.23 bits per heavy atom. The molecule has 1 aromatic carbocycles. The molecule has 0 amide bonds. The molecule has 0 atom stereocenters. The Morgan fingerprint density at radius 3 is 2.70 bits per heavy atom. The van der Waals surface area contributed by atoms with Crippen LogP contribution in [0.25, 0.3) is 10.4 Å². The summed E-state index contributed by atoms with van der Waals surface area (Å²) in [5.74, 6) is -0.855. The highest BCUT2D eigenvalue weighted by Gasteiger charge is 2.32. The average Bonchev–Trinajstić information content (AvgIpc) is 2.98. The number of aryl methyl sites for hydroxylation is 1. The van der Waals surface area contributed by atoms with Gasteiger partial charge in [0.1, 0.15) is 0 Å². The van der Waals surface area contributed by atoms with Crippen LogP contribution in [0.5, 0.6) is 0 Å². The van der Waals surface area contributed by atoms with Gasteiger partial charge in [-0.25, -0.2) is 4.79 Å². The fourth-order valence-electron chi connectivity index (χ4n) is 5.01. The van der Waals surface area contributed by atoms with E-state index in [-0.39, 0.29) is 5.41 Å². The van der Waals surface area contributed by atoms with Crippen LogP contribution < -0.4 is 5.32 Å². The Morgan fingerprint density at radius 2 is 2.00 bits per heavy atom. The van der Waals surface area contributed by atoms with Crippen molar-refractivity contribution in [1.82, 2.24) is 0 Å². The lowest BCUT2D eigenvalue weighted by Crippen LogP contribution is -2.22. The fraction of sp³-hybridized carbons (Fsp3) is 0.520. The number of thiophene rings is 1. The second-order valence-corrected chi connectivity index (χ2v) is 10.7. The number of nitriles is 1. The maximum absolute atomic E-state index is 12.4. The van der Waals surface area contributed by atoms with Crippen LogP contribution in [0.4, 0.5) is 5.69 Å². The molecule has 1 saturated carbocycles. The quantitative estimate of drug-likeness (QED) is 0.542. The molecule has 1 fully saturated rings. The van der Waals surface area contributed by atoms with Crippen molar-refractivity contribution in [3.8, 4) is 16.5 Å². The van der Waals surface area contributed by atoms with Gasteiger partial charge in [0.2, 0.25) is 0 Å². The molecule has 5 heteroatoms. The van der Waals surface area contributed by atoms with Crippen molar-refractivity contribution in [2.24, 2.45) is 5.41 Å². The lowest BCUT2D eigenvalue weighted by molar-refractivity contribution is 0.0696. The molecule has 158 valence electrons. The van der Waals surface area contributed by atoms with Gasteiger partial charge >= 0.3 is 5.97 Å². The van der Waals surface area contributed by atoms with Gasteiger partial charge in [-0.05, 0) is 67.7 Å². The number of hydrogen-bond acceptors (Lipinski definition) is 4. The lowest BCUT2D eigenvalue weighted by Gasteiger charge is -2.25. The van der Waals surface area contributed by atoms with Crippen molar-refractivity contribution in [3.05, 3.63) is 39.8 Å². The van der Waals surface area contributed by atoms with Crippen LogP contribution in [0.2, 0.25) is 0 Å². The van der Waals surface area contributed by atoms with Gasteiger partial charge in [0.05, 0.1) is 22.1 Å². The summed E-state index contributed by atoms with van der Waals surface area (Å²) >= 11 is 1.62. The van der Waals surface area contributed by atoms with Crippen LogP contribution in [-0.4, -0.2) is 17.1 Å². The second-order valence-electron chi connectivity index (χ2n) is 9.56. The number of carboxylic acid groups (broad SMARTS) is 1. The molecular formula is C25H30N2O2S. The highest BCUT2D eigenvalue weighted by molar-refractivity contribution is 7.16. The number of fused-ring (bicyclic) bond motifs is 1. The Bertz CT molecular complexity index is 993. The maximum Gasteiger partial charge on any atom is 0.337 e. The Hall–Kier alpha value is -2.32. The minimum absolute atomic E-state index is 0.103. The molecule has 2 aliphatic rings. The predicted octanol–water partition coefficient (Wildman–Crippen LogP) is 6.63. The van der Waals surface area contributed by atoms with Gasteiger partial charge in [0, 0.05) is 22.2 Å². The van der Waals surface area contributed by atoms with Crippen LogP contribution in [-0.2, 0) is 12.8 Å². The topological polar surface area (TPSA) is 73.1 Å². The second kappa shape index (κ2) is 8.43. The van der Waals surface area contributed by atoms with E-state index in [1.54, 1.807) is 11.3 Å². The molecule has 0 spiro atoms. The van der Waals surface area contributed by atoms with Crippen molar-refractivity contribution < 1.29 is 9.90 Å². The number of anilines is 1. The lowest BCUT2D eigenvalue weighted by atomic mass is 9.82. The molecule has 1 heterocycles. The first kappa shape index (κ1) is 20.9. The smallest absolute Gasteiger partial charge is 0.337 e. The van der Waals surface area contributed by atoms with Crippen LogP contribution >= 0.6 is 11.3 Å². The molecule has 2 aromatic rings. The predicted molar refractivity (Wildman–Crippen MR) is 122 cm³/mol. The van der Waals surface area contributed by atoms with Gasteiger partial charge in [0.15, 0.2) is 0 Å². The third-order valence-electron chi connectivity index (χ3n) is 6.58. The summed E-state index contributed by atoms with van der Waals surface area (Å²) in [4.78, 5) is 14.4. The molecular weight excluding hydrogens is 392 g/mol. The minimum atomic E-state index is -0.855. The van der Waals surface area contributed by atoms with E-state index in [1.165, 1.54) is 24.1 Å². The van der Waals surface area contributed by atoms with E-state index >= 15 is 0 Å².